The number of hydrogen-bond acceptors (Lipinski definition) is 5. The van der Waals surface area contributed by atoms with Gasteiger partial charge >= 0.3 is 5.91 Å². The number of benzene rings is 2. The lowest BCUT2D eigenvalue weighted by Crippen LogP contribution is -2.50. The summed E-state index contributed by atoms with van der Waals surface area (Å²) < 4.78 is 16.6. The van der Waals surface area contributed by atoms with E-state index in [4.69, 9.17) is 25.5 Å². The fraction of sp³-hybridized carbons (Fsp3) is 0.158. The first-order valence-corrected chi connectivity index (χ1v) is 8.58. The molecule has 0 saturated carbocycles. The van der Waals surface area contributed by atoms with Gasteiger partial charge in [-0.1, -0.05) is 23.7 Å². The third-order valence-corrected chi connectivity index (χ3v) is 4.44. The smallest absolute Gasteiger partial charge is 0.305 e. The van der Waals surface area contributed by atoms with Gasteiger partial charge in [0.05, 0.1) is 0 Å². The summed E-state index contributed by atoms with van der Waals surface area (Å²) in [5.41, 5.74) is 5.84. The molecule has 0 aliphatic carbocycles. The standard InChI is InChI=1S/C19H15ClN2O5/c1-10-12-8-11(20)6-7-13(12)27-17(10)19(24)22-21-18(23)16-9-25-14-4-2-3-5-15(14)26-16/h2-8,16H,9H2,1H3,(H,21,23)(H,22,24). The van der Waals surface area contributed by atoms with Crippen LogP contribution in [-0.2, 0) is 4.79 Å². The summed E-state index contributed by atoms with van der Waals surface area (Å²) in [6.45, 7) is 1.79. The zero-order chi connectivity index (χ0) is 19.0. The molecule has 1 unspecified atom stereocenters. The number of halogens is 1. The molecule has 0 spiro atoms. The van der Waals surface area contributed by atoms with Crippen LogP contribution in [0.25, 0.3) is 11.0 Å². The SMILES string of the molecule is Cc1c(C(=O)NNC(=O)C2COc3ccccc3O2)oc2ccc(Cl)cc12. The van der Waals surface area contributed by atoms with Gasteiger partial charge in [-0.15, -0.1) is 0 Å². The Bertz CT molecular complexity index is 1050. The Kier molecular flexibility index (Phi) is 4.37. The molecular weight excluding hydrogens is 372 g/mol. The van der Waals surface area contributed by atoms with Gasteiger partial charge in [0.2, 0.25) is 6.10 Å². The van der Waals surface area contributed by atoms with Crippen molar-refractivity contribution in [1.82, 2.24) is 10.9 Å². The number of rotatable bonds is 2. The normalized spacial score (nSPS) is 15.4. The highest BCUT2D eigenvalue weighted by Crippen LogP contribution is 2.31. The predicted octanol–water partition coefficient (Wildman–Crippen LogP) is 3.00. The first-order chi connectivity index (χ1) is 13.0. The van der Waals surface area contributed by atoms with E-state index in [9.17, 15) is 9.59 Å². The fourth-order valence-electron chi connectivity index (χ4n) is 2.81. The number of furan rings is 1. The molecule has 0 bridgehead atoms. The van der Waals surface area contributed by atoms with E-state index in [1.165, 1.54) is 0 Å². The third-order valence-electron chi connectivity index (χ3n) is 4.20. The monoisotopic (exact) mass is 386 g/mol. The zero-order valence-electron chi connectivity index (χ0n) is 14.2. The molecule has 3 aromatic rings. The minimum absolute atomic E-state index is 0.0425. The van der Waals surface area contributed by atoms with Crippen LogP contribution in [0.3, 0.4) is 0 Å². The lowest BCUT2D eigenvalue weighted by Gasteiger charge is -2.25. The highest BCUT2D eigenvalue weighted by Gasteiger charge is 2.28. The van der Waals surface area contributed by atoms with E-state index in [0.29, 0.717) is 27.7 Å². The van der Waals surface area contributed by atoms with Crippen LogP contribution in [0.5, 0.6) is 11.5 Å². The van der Waals surface area contributed by atoms with E-state index in [-0.39, 0.29) is 12.4 Å². The van der Waals surface area contributed by atoms with Crippen LogP contribution < -0.4 is 20.3 Å². The van der Waals surface area contributed by atoms with E-state index in [0.717, 1.165) is 5.39 Å². The first-order valence-electron chi connectivity index (χ1n) is 8.20. The van der Waals surface area contributed by atoms with E-state index in [1.54, 1.807) is 43.3 Å². The van der Waals surface area contributed by atoms with Gasteiger partial charge in [-0.05, 0) is 37.3 Å². The molecule has 4 rings (SSSR count). The molecule has 138 valence electrons. The number of ether oxygens (including phenoxy) is 2. The number of hydrazine groups is 1. The number of carbonyl (C=O) groups excluding carboxylic acids is 2. The summed E-state index contributed by atoms with van der Waals surface area (Å²) in [6, 6.07) is 12.1. The molecule has 2 amide bonds. The van der Waals surface area contributed by atoms with Gasteiger partial charge in [-0.2, -0.15) is 0 Å². The van der Waals surface area contributed by atoms with Gasteiger partial charge in [0.15, 0.2) is 17.3 Å². The van der Waals surface area contributed by atoms with Crippen molar-refractivity contribution in [3.8, 4) is 11.5 Å². The van der Waals surface area contributed by atoms with E-state index in [1.807, 2.05) is 6.07 Å². The Balaban J connectivity index is 1.42. The van der Waals surface area contributed by atoms with E-state index < -0.39 is 17.9 Å². The van der Waals surface area contributed by atoms with Gasteiger partial charge in [0, 0.05) is 16.0 Å². The van der Waals surface area contributed by atoms with Gasteiger partial charge in [0.1, 0.15) is 12.2 Å². The third kappa shape index (κ3) is 3.29. The van der Waals surface area contributed by atoms with Crippen LogP contribution in [0.2, 0.25) is 5.02 Å². The molecule has 1 atom stereocenters. The maximum absolute atomic E-state index is 12.4. The Morgan fingerprint density at radius 2 is 1.89 bits per heavy atom. The second kappa shape index (κ2) is 6.85. The quantitative estimate of drug-likeness (QED) is 0.661. The van der Waals surface area contributed by atoms with Crippen molar-refractivity contribution in [2.45, 2.75) is 13.0 Å². The first kappa shape index (κ1) is 17.2. The highest BCUT2D eigenvalue weighted by molar-refractivity contribution is 6.31. The molecule has 8 heteroatoms. The maximum atomic E-state index is 12.4. The number of fused-ring (bicyclic) bond motifs is 2. The fourth-order valence-corrected chi connectivity index (χ4v) is 2.99. The number of carbonyl (C=O) groups is 2. The number of amides is 2. The van der Waals surface area contributed by atoms with Crippen LogP contribution in [0.15, 0.2) is 46.9 Å². The zero-order valence-corrected chi connectivity index (χ0v) is 15.0. The molecule has 7 nitrogen and oxygen atoms in total. The maximum Gasteiger partial charge on any atom is 0.305 e. The molecule has 1 aliphatic heterocycles. The van der Waals surface area contributed by atoms with Crippen molar-refractivity contribution in [3.05, 3.63) is 58.8 Å². The summed E-state index contributed by atoms with van der Waals surface area (Å²) >= 11 is 5.98. The highest BCUT2D eigenvalue weighted by atomic mass is 35.5. The summed E-state index contributed by atoms with van der Waals surface area (Å²) in [5.74, 6) is 0.0288. The van der Waals surface area contributed by atoms with Crippen molar-refractivity contribution in [1.29, 1.82) is 0 Å². The number of para-hydroxylation sites is 2. The van der Waals surface area contributed by atoms with Gasteiger partial charge in [0.25, 0.3) is 5.91 Å². The molecule has 2 N–H and O–H groups in total. The number of aryl methyl sites for hydroxylation is 1. The predicted molar refractivity (Wildman–Crippen MR) is 97.9 cm³/mol. The minimum Gasteiger partial charge on any atom is -0.485 e. The summed E-state index contributed by atoms with van der Waals surface area (Å²) in [5, 5.41) is 1.28. The molecule has 0 radical (unpaired) electrons. The Morgan fingerprint density at radius 3 is 2.70 bits per heavy atom. The molecule has 0 saturated heterocycles. The van der Waals surface area contributed by atoms with Crippen LogP contribution >= 0.6 is 11.6 Å². The lowest BCUT2D eigenvalue weighted by atomic mass is 10.1. The minimum atomic E-state index is -0.879. The number of hydrogen-bond donors (Lipinski definition) is 2. The van der Waals surface area contributed by atoms with Crippen molar-refractivity contribution in [2.75, 3.05) is 6.61 Å². The molecule has 2 heterocycles. The Hall–Kier alpha value is -3.19. The van der Waals surface area contributed by atoms with Crippen LogP contribution in [0.4, 0.5) is 0 Å². The lowest BCUT2D eigenvalue weighted by molar-refractivity contribution is -0.131. The van der Waals surface area contributed by atoms with Crippen LogP contribution in [0.1, 0.15) is 16.1 Å². The average Bonchev–Trinajstić information content (AvgIpc) is 3.01. The van der Waals surface area contributed by atoms with Crippen LogP contribution in [-0.4, -0.2) is 24.5 Å². The summed E-state index contributed by atoms with van der Waals surface area (Å²) in [6.07, 6.45) is -0.879. The largest absolute Gasteiger partial charge is 0.485 e. The van der Waals surface area contributed by atoms with Crippen molar-refractivity contribution < 1.29 is 23.5 Å². The Morgan fingerprint density at radius 1 is 1.11 bits per heavy atom. The van der Waals surface area contributed by atoms with Gasteiger partial charge in [-0.25, -0.2) is 0 Å². The van der Waals surface area contributed by atoms with Crippen LogP contribution in [0, 0.1) is 6.92 Å². The van der Waals surface area contributed by atoms with Gasteiger partial charge in [-0.3, -0.25) is 20.4 Å². The molecular formula is C19H15ClN2O5. The second-order valence-electron chi connectivity index (χ2n) is 6.00. The van der Waals surface area contributed by atoms with Crippen molar-refractivity contribution in [2.24, 2.45) is 0 Å². The number of nitrogens with one attached hydrogen (secondary N) is 2. The summed E-state index contributed by atoms with van der Waals surface area (Å²) in [7, 11) is 0. The molecule has 1 aromatic heterocycles. The Labute approximate surface area is 159 Å². The van der Waals surface area contributed by atoms with Crippen molar-refractivity contribution in [3.63, 3.8) is 0 Å². The van der Waals surface area contributed by atoms with Crippen molar-refractivity contribution >= 4 is 34.4 Å². The van der Waals surface area contributed by atoms with Gasteiger partial charge < -0.3 is 13.9 Å². The second-order valence-corrected chi connectivity index (χ2v) is 6.44. The van der Waals surface area contributed by atoms with E-state index in [2.05, 4.69) is 10.9 Å². The molecule has 27 heavy (non-hydrogen) atoms. The molecule has 2 aromatic carbocycles. The van der Waals surface area contributed by atoms with E-state index >= 15 is 0 Å². The molecule has 1 aliphatic rings. The summed E-state index contributed by atoms with van der Waals surface area (Å²) in [4.78, 5) is 24.6. The topological polar surface area (TPSA) is 89.8 Å². The average molecular weight is 387 g/mol. The molecule has 0 fully saturated rings.